The molecule has 0 atom stereocenters. The van der Waals surface area contributed by atoms with Gasteiger partial charge in [-0.1, -0.05) is 17.7 Å². The van der Waals surface area contributed by atoms with Gasteiger partial charge in [-0.3, -0.25) is 0 Å². The molecule has 0 aliphatic carbocycles. The summed E-state index contributed by atoms with van der Waals surface area (Å²) in [6.07, 6.45) is 1.15. The van der Waals surface area contributed by atoms with Gasteiger partial charge in [-0.25, -0.2) is 8.42 Å². The number of benzene rings is 1. The second-order valence-corrected chi connectivity index (χ2v) is 4.68. The van der Waals surface area contributed by atoms with E-state index in [-0.39, 0.29) is 4.90 Å². The van der Waals surface area contributed by atoms with Gasteiger partial charge in [0.15, 0.2) is 9.84 Å². The molecule has 0 aliphatic rings. The van der Waals surface area contributed by atoms with Crippen LogP contribution >= 0.6 is 11.6 Å². The number of rotatable bonds is 1. The van der Waals surface area contributed by atoms with Gasteiger partial charge in [-0.15, -0.1) is 0 Å². The third kappa shape index (κ3) is 2.20. The van der Waals surface area contributed by atoms with Gasteiger partial charge in [0.2, 0.25) is 0 Å². The zero-order valence-corrected chi connectivity index (χ0v) is 7.48. The highest BCUT2D eigenvalue weighted by atomic mass is 35.5. The SMILES string of the molecule is CS(=O)(=O)c1cccc(Cl)c1. The third-order valence-electron chi connectivity index (χ3n) is 1.22. The number of hydrogen-bond donors (Lipinski definition) is 0. The minimum atomic E-state index is -3.11. The molecule has 0 saturated carbocycles. The van der Waals surface area contributed by atoms with Crippen LogP contribution in [0.5, 0.6) is 0 Å². The molecule has 4 heteroatoms. The normalized spacial score (nSPS) is 11.5. The molecule has 0 N–H and O–H groups in total. The van der Waals surface area contributed by atoms with Crippen molar-refractivity contribution in [3.8, 4) is 0 Å². The fourth-order valence-electron chi connectivity index (χ4n) is 0.698. The topological polar surface area (TPSA) is 34.1 Å². The molecule has 0 unspecified atom stereocenters. The van der Waals surface area contributed by atoms with Gasteiger partial charge in [0.05, 0.1) is 4.90 Å². The lowest BCUT2D eigenvalue weighted by Crippen LogP contribution is -1.95. The Morgan fingerprint density at radius 1 is 1.36 bits per heavy atom. The molecular weight excluding hydrogens is 184 g/mol. The van der Waals surface area contributed by atoms with Crippen LogP contribution in [0.3, 0.4) is 0 Å². The van der Waals surface area contributed by atoms with E-state index in [9.17, 15) is 8.42 Å². The van der Waals surface area contributed by atoms with Crippen LogP contribution in [0, 0.1) is 0 Å². The van der Waals surface area contributed by atoms with E-state index < -0.39 is 9.84 Å². The maximum absolute atomic E-state index is 10.9. The van der Waals surface area contributed by atoms with Crippen molar-refractivity contribution in [1.29, 1.82) is 0 Å². The van der Waals surface area contributed by atoms with Gasteiger partial charge >= 0.3 is 0 Å². The third-order valence-corrected chi connectivity index (χ3v) is 2.57. The predicted molar refractivity (Wildman–Crippen MR) is 44.6 cm³/mol. The number of hydrogen-bond acceptors (Lipinski definition) is 2. The standard InChI is InChI=1S/C7H7ClO2S/c1-11(9,10)7-4-2-3-6(8)5-7/h2-5H,1H3. The molecule has 2 nitrogen and oxygen atoms in total. The van der Waals surface area contributed by atoms with Crippen LogP contribution in [0.25, 0.3) is 0 Å². The van der Waals surface area contributed by atoms with Crippen molar-refractivity contribution in [1.82, 2.24) is 0 Å². The molecule has 0 aromatic heterocycles. The molecular formula is C7H7ClO2S. The van der Waals surface area contributed by atoms with Crippen molar-refractivity contribution in [3.63, 3.8) is 0 Å². The van der Waals surface area contributed by atoms with Crippen LogP contribution in [0.4, 0.5) is 0 Å². The van der Waals surface area contributed by atoms with Gasteiger partial charge in [-0.2, -0.15) is 0 Å². The van der Waals surface area contributed by atoms with Gasteiger partial charge in [-0.05, 0) is 18.2 Å². The van der Waals surface area contributed by atoms with Crippen LogP contribution in [0.15, 0.2) is 29.2 Å². The fraction of sp³-hybridized carbons (Fsp3) is 0.143. The highest BCUT2D eigenvalue weighted by Crippen LogP contribution is 2.14. The van der Waals surface area contributed by atoms with Crippen LogP contribution in [-0.4, -0.2) is 14.7 Å². The molecule has 0 bridgehead atoms. The summed E-state index contributed by atoms with van der Waals surface area (Å²) in [7, 11) is -3.11. The lowest BCUT2D eigenvalue weighted by atomic mass is 10.4. The quantitative estimate of drug-likeness (QED) is 0.676. The Labute approximate surface area is 70.7 Å². The van der Waals surface area contributed by atoms with Crippen molar-refractivity contribution < 1.29 is 8.42 Å². The van der Waals surface area contributed by atoms with Crippen LogP contribution < -0.4 is 0 Å². The Bertz CT molecular complexity index is 356. The lowest BCUT2D eigenvalue weighted by molar-refractivity contribution is 0.602. The summed E-state index contributed by atoms with van der Waals surface area (Å²) in [5, 5.41) is 0.438. The summed E-state index contributed by atoms with van der Waals surface area (Å²) in [6, 6.07) is 6.19. The van der Waals surface area contributed by atoms with Gasteiger partial charge in [0.25, 0.3) is 0 Å². The molecule has 0 heterocycles. The lowest BCUT2D eigenvalue weighted by Gasteiger charge is -1.96. The van der Waals surface area contributed by atoms with Gasteiger partial charge in [0, 0.05) is 11.3 Å². The zero-order valence-electron chi connectivity index (χ0n) is 5.91. The molecule has 1 aromatic rings. The maximum Gasteiger partial charge on any atom is 0.175 e. The van der Waals surface area contributed by atoms with Crippen molar-refractivity contribution in [2.75, 3.05) is 6.26 Å². The molecule has 0 fully saturated rings. The van der Waals surface area contributed by atoms with E-state index in [0.717, 1.165) is 6.26 Å². The number of halogens is 1. The summed E-state index contributed by atoms with van der Waals surface area (Å²) < 4.78 is 21.9. The first-order valence-corrected chi connectivity index (χ1v) is 5.23. The highest BCUT2D eigenvalue weighted by Gasteiger charge is 2.05. The average molecular weight is 191 g/mol. The molecule has 0 saturated heterocycles. The van der Waals surface area contributed by atoms with Gasteiger partial charge in [0.1, 0.15) is 0 Å². The Hall–Kier alpha value is -0.540. The van der Waals surface area contributed by atoms with E-state index in [2.05, 4.69) is 0 Å². The minimum Gasteiger partial charge on any atom is -0.224 e. The summed E-state index contributed by atoms with van der Waals surface area (Å²) in [4.78, 5) is 0.255. The molecule has 0 spiro atoms. The first kappa shape index (κ1) is 8.56. The van der Waals surface area contributed by atoms with E-state index in [4.69, 9.17) is 11.6 Å². The van der Waals surface area contributed by atoms with E-state index in [0.29, 0.717) is 5.02 Å². The molecule has 0 aliphatic heterocycles. The first-order chi connectivity index (χ1) is 5.00. The predicted octanol–water partition coefficient (Wildman–Crippen LogP) is 1.74. The Kier molecular flexibility index (Phi) is 2.20. The summed E-state index contributed by atoms with van der Waals surface area (Å²) in [5.41, 5.74) is 0. The molecule has 0 amide bonds. The summed E-state index contributed by atoms with van der Waals surface area (Å²) >= 11 is 5.59. The van der Waals surface area contributed by atoms with Crippen molar-refractivity contribution in [2.45, 2.75) is 4.90 Å². The molecule has 11 heavy (non-hydrogen) atoms. The monoisotopic (exact) mass is 190 g/mol. The van der Waals surface area contributed by atoms with E-state index in [1.165, 1.54) is 12.1 Å². The zero-order chi connectivity index (χ0) is 8.48. The highest BCUT2D eigenvalue weighted by molar-refractivity contribution is 7.90. The molecule has 1 aromatic carbocycles. The summed E-state index contributed by atoms with van der Waals surface area (Å²) in [5.74, 6) is 0. The second kappa shape index (κ2) is 2.83. The Morgan fingerprint density at radius 2 is 2.00 bits per heavy atom. The van der Waals surface area contributed by atoms with Crippen LogP contribution in [0.2, 0.25) is 5.02 Å². The maximum atomic E-state index is 10.9. The summed E-state index contributed by atoms with van der Waals surface area (Å²) in [6.45, 7) is 0. The molecule has 0 radical (unpaired) electrons. The first-order valence-electron chi connectivity index (χ1n) is 2.96. The Balaban J connectivity index is 3.28. The smallest absolute Gasteiger partial charge is 0.175 e. The molecule has 1 rings (SSSR count). The van der Waals surface area contributed by atoms with Crippen molar-refractivity contribution >= 4 is 21.4 Å². The van der Waals surface area contributed by atoms with Crippen LogP contribution in [0.1, 0.15) is 0 Å². The molecule has 60 valence electrons. The number of sulfone groups is 1. The van der Waals surface area contributed by atoms with Crippen molar-refractivity contribution in [3.05, 3.63) is 29.3 Å². The minimum absolute atomic E-state index is 0.255. The largest absolute Gasteiger partial charge is 0.224 e. The van der Waals surface area contributed by atoms with Gasteiger partial charge < -0.3 is 0 Å². The van der Waals surface area contributed by atoms with E-state index in [1.807, 2.05) is 0 Å². The average Bonchev–Trinajstić information content (AvgIpc) is 1.86. The van der Waals surface area contributed by atoms with Crippen LogP contribution in [-0.2, 0) is 9.84 Å². The van der Waals surface area contributed by atoms with Crippen molar-refractivity contribution in [2.24, 2.45) is 0 Å². The fourth-order valence-corrected chi connectivity index (χ4v) is 1.62. The van der Waals surface area contributed by atoms with E-state index in [1.54, 1.807) is 12.1 Å². The Morgan fingerprint density at radius 3 is 2.36 bits per heavy atom. The van der Waals surface area contributed by atoms with E-state index >= 15 is 0 Å². The second-order valence-electron chi connectivity index (χ2n) is 2.23.